The summed E-state index contributed by atoms with van der Waals surface area (Å²) in [5.74, 6) is 0.713. The minimum atomic E-state index is -4.74. The van der Waals surface area contributed by atoms with Crippen molar-refractivity contribution in [2.45, 2.75) is 38.0 Å². The summed E-state index contributed by atoms with van der Waals surface area (Å²) in [7, 11) is 0. The molecule has 0 bridgehead atoms. The molecule has 1 heterocycles. The summed E-state index contributed by atoms with van der Waals surface area (Å²) in [5.41, 5.74) is 9.05. The lowest BCUT2D eigenvalue weighted by Gasteiger charge is -2.23. The zero-order valence-corrected chi connectivity index (χ0v) is 21.6. The number of hydrazone groups is 1. The van der Waals surface area contributed by atoms with Crippen molar-refractivity contribution in [1.29, 1.82) is 0 Å². The number of thiocarbonyl (C=S) groups is 1. The van der Waals surface area contributed by atoms with E-state index in [1.807, 2.05) is 36.4 Å². The number of aromatic nitrogens is 3. The molecule has 1 aliphatic carbocycles. The van der Waals surface area contributed by atoms with Crippen molar-refractivity contribution < 1.29 is 17.9 Å². The number of nitrogens with one attached hydrogen (secondary N) is 1. The molecule has 0 unspecified atom stereocenters. The van der Waals surface area contributed by atoms with Crippen molar-refractivity contribution in [3.63, 3.8) is 0 Å². The highest BCUT2D eigenvalue weighted by molar-refractivity contribution is 7.79. The van der Waals surface area contributed by atoms with Crippen LogP contribution >= 0.6 is 12.2 Å². The third kappa shape index (κ3) is 6.61. The van der Waals surface area contributed by atoms with Gasteiger partial charge in [-0.1, -0.05) is 67.5 Å². The number of hydrogen-bond acceptors (Lipinski definition) is 6. The SMILES string of the molecule is FC(F)(F)Oc1ccc(-n2cnc(-c3ccc(/C=N/NN(C=S)c4ccccc4C4CCCC4)cc3)n2)cc1. The Hall–Kier alpha value is -4.25. The smallest absolute Gasteiger partial charge is 0.406 e. The van der Waals surface area contributed by atoms with Gasteiger partial charge in [-0.15, -0.1) is 18.3 Å². The van der Waals surface area contributed by atoms with E-state index in [0.29, 0.717) is 17.4 Å². The molecular formula is C28H25F3N6OS. The molecule has 0 atom stereocenters. The lowest BCUT2D eigenvalue weighted by atomic mass is 9.96. The second kappa shape index (κ2) is 11.6. The summed E-state index contributed by atoms with van der Waals surface area (Å²) >= 11 is 5.25. The van der Waals surface area contributed by atoms with Crippen LogP contribution in [0.3, 0.4) is 0 Å². The maximum Gasteiger partial charge on any atom is 0.573 e. The maximum absolute atomic E-state index is 12.4. The molecule has 200 valence electrons. The van der Waals surface area contributed by atoms with Gasteiger partial charge in [-0.2, -0.15) is 5.10 Å². The molecule has 1 aromatic heterocycles. The van der Waals surface area contributed by atoms with E-state index in [-0.39, 0.29) is 5.75 Å². The zero-order chi connectivity index (χ0) is 27.2. The van der Waals surface area contributed by atoms with Crippen molar-refractivity contribution in [1.82, 2.24) is 20.3 Å². The Labute approximate surface area is 228 Å². The lowest BCUT2D eigenvalue weighted by molar-refractivity contribution is -0.274. The normalized spacial score (nSPS) is 14.0. The Balaban J connectivity index is 1.22. The molecule has 0 aliphatic heterocycles. The molecule has 5 rings (SSSR count). The minimum Gasteiger partial charge on any atom is -0.406 e. The molecule has 39 heavy (non-hydrogen) atoms. The molecule has 4 aromatic rings. The van der Waals surface area contributed by atoms with Crippen LogP contribution in [-0.2, 0) is 0 Å². The van der Waals surface area contributed by atoms with Crippen LogP contribution in [0.15, 0.2) is 84.2 Å². The largest absolute Gasteiger partial charge is 0.573 e. The average molecular weight is 551 g/mol. The van der Waals surface area contributed by atoms with Crippen molar-refractivity contribution in [3.8, 4) is 22.8 Å². The fourth-order valence-electron chi connectivity index (χ4n) is 4.63. The third-order valence-corrected chi connectivity index (χ3v) is 6.68. The summed E-state index contributed by atoms with van der Waals surface area (Å²) in [6, 6.07) is 21.2. The average Bonchev–Trinajstić information content (AvgIpc) is 3.64. The third-order valence-electron chi connectivity index (χ3n) is 6.47. The highest BCUT2D eigenvalue weighted by Gasteiger charge is 2.31. The number of alkyl halides is 3. The summed E-state index contributed by atoms with van der Waals surface area (Å²) in [6.45, 7) is 0. The number of hydrogen-bond donors (Lipinski definition) is 1. The molecule has 3 aromatic carbocycles. The second-order valence-corrected chi connectivity index (χ2v) is 9.26. The van der Waals surface area contributed by atoms with E-state index in [2.05, 4.69) is 37.6 Å². The summed E-state index contributed by atoms with van der Waals surface area (Å²) in [6.07, 6.45) is 3.34. The standard InChI is InChI=1S/C28H25F3N6OS/c29-28(30,31)38-24-15-13-23(14-16-24)36-18-32-27(34-36)22-11-9-20(10-12-22)17-33-35-37(19-39)26-8-4-3-7-25(26)21-5-1-2-6-21/h3-4,7-19,21,35H,1-2,5-6H2/b33-17+. The van der Waals surface area contributed by atoms with Gasteiger partial charge in [0.1, 0.15) is 12.1 Å². The number of para-hydroxylation sites is 1. The first-order valence-corrected chi connectivity index (χ1v) is 12.9. The van der Waals surface area contributed by atoms with Gasteiger partial charge in [0, 0.05) is 5.56 Å². The van der Waals surface area contributed by atoms with E-state index < -0.39 is 6.36 Å². The van der Waals surface area contributed by atoms with Gasteiger partial charge in [0.2, 0.25) is 0 Å². The number of ether oxygens (including phenoxy) is 1. The number of halogens is 3. The molecule has 1 fully saturated rings. The maximum atomic E-state index is 12.4. The quantitative estimate of drug-likeness (QED) is 0.141. The van der Waals surface area contributed by atoms with E-state index in [9.17, 15) is 13.2 Å². The highest BCUT2D eigenvalue weighted by atomic mass is 32.1. The molecule has 1 saturated carbocycles. The summed E-state index contributed by atoms with van der Waals surface area (Å²) < 4.78 is 42.5. The van der Waals surface area contributed by atoms with Crippen molar-refractivity contribution in [3.05, 3.63) is 90.3 Å². The molecule has 0 radical (unpaired) electrons. The molecule has 7 nitrogen and oxygen atoms in total. The molecular weight excluding hydrogens is 525 g/mol. The van der Waals surface area contributed by atoms with Gasteiger partial charge in [0.25, 0.3) is 0 Å². The predicted molar refractivity (Wildman–Crippen MR) is 148 cm³/mol. The van der Waals surface area contributed by atoms with Gasteiger partial charge in [-0.25, -0.2) is 20.2 Å². The van der Waals surface area contributed by atoms with Gasteiger partial charge < -0.3 is 4.74 Å². The molecule has 11 heteroatoms. The fraction of sp³-hybridized carbons (Fsp3) is 0.214. The van der Waals surface area contributed by atoms with Crippen molar-refractivity contribution in [2.24, 2.45) is 5.10 Å². The molecule has 0 amide bonds. The Morgan fingerprint density at radius 3 is 2.41 bits per heavy atom. The number of hydrazine groups is 1. The van der Waals surface area contributed by atoms with E-state index in [4.69, 9.17) is 12.2 Å². The first-order chi connectivity index (χ1) is 18.9. The van der Waals surface area contributed by atoms with E-state index in [0.717, 1.165) is 16.8 Å². The Morgan fingerprint density at radius 2 is 1.72 bits per heavy atom. The monoisotopic (exact) mass is 550 g/mol. The van der Waals surface area contributed by atoms with Crippen LogP contribution in [-0.4, -0.2) is 32.8 Å². The van der Waals surface area contributed by atoms with Gasteiger partial charge in [-0.3, -0.25) is 0 Å². The number of anilines is 1. The van der Waals surface area contributed by atoms with Crippen LogP contribution in [0.5, 0.6) is 5.75 Å². The van der Waals surface area contributed by atoms with E-state index in [1.54, 1.807) is 16.7 Å². The van der Waals surface area contributed by atoms with Crippen molar-refractivity contribution >= 4 is 29.6 Å². The highest BCUT2D eigenvalue weighted by Crippen LogP contribution is 2.38. The topological polar surface area (TPSA) is 67.6 Å². The first kappa shape index (κ1) is 26.4. The van der Waals surface area contributed by atoms with Gasteiger partial charge >= 0.3 is 6.36 Å². The summed E-state index contributed by atoms with van der Waals surface area (Å²) in [5, 5.41) is 10.6. The number of rotatable bonds is 9. The Bertz CT molecular complexity index is 1430. The second-order valence-electron chi connectivity index (χ2n) is 9.05. The Kier molecular flexibility index (Phi) is 7.87. The first-order valence-electron chi connectivity index (χ1n) is 12.4. The van der Waals surface area contributed by atoms with E-state index >= 15 is 0 Å². The number of nitrogens with zero attached hydrogens (tertiary/aromatic N) is 5. The number of benzene rings is 3. The van der Waals surface area contributed by atoms with Gasteiger partial charge in [-0.05, 0) is 60.2 Å². The van der Waals surface area contributed by atoms with Crippen LogP contribution in [0.4, 0.5) is 18.9 Å². The van der Waals surface area contributed by atoms with Crippen LogP contribution < -0.4 is 15.3 Å². The molecule has 0 spiro atoms. The van der Waals surface area contributed by atoms with Crippen molar-refractivity contribution in [2.75, 3.05) is 5.01 Å². The van der Waals surface area contributed by atoms with Crippen LogP contribution in [0.25, 0.3) is 17.1 Å². The van der Waals surface area contributed by atoms with Gasteiger partial charge in [0.05, 0.1) is 23.1 Å². The minimum absolute atomic E-state index is 0.301. The van der Waals surface area contributed by atoms with Crippen LogP contribution in [0.2, 0.25) is 0 Å². The molecule has 1 N–H and O–H groups in total. The Morgan fingerprint density at radius 1 is 1.00 bits per heavy atom. The molecule has 0 saturated heterocycles. The predicted octanol–water partition coefficient (Wildman–Crippen LogP) is 6.79. The summed E-state index contributed by atoms with van der Waals surface area (Å²) in [4.78, 5) is 4.32. The molecule has 1 aliphatic rings. The fourth-order valence-corrected chi connectivity index (χ4v) is 4.79. The zero-order valence-electron chi connectivity index (χ0n) is 20.8. The van der Waals surface area contributed by atoms with Gasteiger partial charge in [0.15, 0.2) is 5.82 Å². The van der Waals surface area contributed by atoms with E-state index in [1.165, 1.54) is 66.5 Å². The lowest BCUT2D eigenvalue weighted by Crippen LogP contribution is -2.33. The van der Waals surface area contributed by atoms with Crippen LogP contribution in [0, 0.1) is 0 Å². The van der Waals surface area contributed by atoms with Crippen LogP contribution in [0.1, 0.15) is 42.7 Å².